The smallest absolute Gasteiger partial charge is 0.349 e. The Labute approximate surface area is 469 Å². The minimum atomic E-state index is -1.35. The van der Waals surface area contributed by atoms with Gasteiger partial charge in [-0.15, -0.1) is 0 Å². The summed E-state index contributed by atoms with van der Waals surface area (Å²) in [6, 6.07) is 39.4. The zero-order valence-electron chi connectivity index (χ0n) is 41.8. The molecular weight excluding hydrogens is 1070 g/mol. The summed E-state index contributed by atoms with van der Waals surface area (Å²) in [6.45, 7) is 4.37. The Hall–Kier alpha value is -8.37. The van der Waals surface area contributed by atoms with Crippen LogP contribution in [-0.2, 0) is 23.9 Å². The van der Waals surface area contributed by atoms with Crippen molar-refractivity contribution in [3.05, 3.63) is 193 Å². The lowest BCUT2D eigenvalue weighted by atomic mass is 9.86. The van der Waals surface area contributed by atoms with Gasteiger partial charge in [0.05, 0.1) is 66.9 Å². The van der Waals surface area contributed by atoms with Gasteiger partial charge < -0.3 is 34.9 Å². The fourth-order valence-corrected chi connectivity index (χ4v) is 10.7. The predicted octanol–water partition coefficient (Wildman–Crippen LogP) is 13.1. The van der Waals surface area contributed by atoms with Crippen molar-refractivity contribution in [2.75, 3.05) is 31.7 Å². The molecule has 0 spiro atoms. The number of amides is 2. The van der Waals surface area contributed by atoms with Gasteiger partial charge in [0.15, 0.2) is 5.92 Å². The van der Waals surface area contributed by atoms with Crippen molar-refractivity contribution in [1.82, 2.24) is 15.6 Å². The highest BCUT2D eigenvalue weighted by Gasteiger charge is 2.34. The van der Waals surface area contributed by atoms with Crippen LogP contribution < -0.4 is 25.4 Å². The standard InChI is InChI=1S/2C30H23Cl2N3O4/c2*1-2-38-30(37)23(15-33)27-22-8-5-7-20(17-12-18(31)14-19(32)13-17)28(22)34-16-24(27)29(36)35-25-10-11-39-26-9-4-3-6-21(25)26/h3-9,12-14,16,25,34H,2,10-11H2,1H3,(H,35,36);3-9,12-14,16,23,25H,2,10-11H2,1H3,(H,35,36)/b27-23+;/t25-;23?,25-/m00/s1. The number of aromatic nitrogens is 1. The molecule has 1 aromatic heterocycles. The van der Waals surface area contributed by atoms with Crippen molar-refractivity contribution >= 4 is 92.3 Å². The third kappa shape index (κ3) is 11.5. The molecule has 18 heteroatoms. The lowest BCUT2D eigenvalue weighted by molar-refractivity contribution is -0.143. The van der Waals surface area contributed by atoms with Crippen LogP contribution >= 0.6 is 46.4 Å². The Morgan fingerprint density at radius 3 is 1.81 bits per heavy atom. The van der Waals surface area contributed by atoms with Crippen LogP contribution in [0.3, 0.4) is 0 Å². The van der Waals surface area contributed by atoms with Gasteiger partial charge in [-0.25, -0.2) is 4.79 Å². The van der Waals surface area contributed by atoms with Gasteiger partial charge in [0.1, 0.15) is 23.1 Å². The molecule has 0 bridgehead atoms. The number of para-hydroxylation sites is 4. The molecule has 0 saturated carbocycles. The molecule has 3 aliphatic rings. The number of benzene rings is 6. The number of esters is 2. The number of nitriles is 2. The van der Waals surface area contributed by atoms with E-state index in [1.165, 1.54) is 12.4 Å². The van der Waals surface area contributed by atoms with Gasteiger partial charge in [-0.2, -0.15) is 10.5 Å². The second-order valence-corrected chi connectivity index (χ2v) is 19.6. The van der Waals surface area contributed by atoms with E-state index in [4.69, 9.17) is 65.4 Å². The molecule has 2 amide bonds. The van der Waals surface area contributed by atoms with E-state index < -0.39 is 29.7 Å². The number of hydrogen-bond donors (Lipinski definition) is 3. The minimum Gasteiger partial charge on any atom is -0.493 e. The fraction of sp³-hybridized carbons (Fsp3) is 0.183. The molecule has 4 heterocycles. The Morgan fingerprint density at radius 2 is 1.23 bits per heavy atom. The number of fused-ring (bicyclic) bond motifs is 4. The predicted molar refractivity (Wildman–Crippen MR) is 299 cm³/mol. The quantitative estimate of drug-likeness (QED) is 0.0629. The number of anilines is 1. The summed E-state index contributed by atoms with van der Waals surface area (Å²) < 4.78 is 21.8. The maximum Gasteiger partial charge on any atom is 0.349 e. The molecule has 10 rings (SSSR count). The van der Waals surface area contributed by atoms with Crippen LogP contribution in [0.4, 0.5) is 5.69 Å². The van der Waals surface area contributed by atoms with Crippen LogP contribution in [0.1, 0.15) is 77.3 Å². The van der Waals surface area contributed by atoms with Gasteiger partial charge in [-0.05, 0) is 73.5 Å². The number of halogens is 4. The number of pyridine rings is 1. The van der Waals surface area contributed by atoms with Gasteiger partial charge in [0, 0.05) is 89.7 Å². The summed E-state index contributed by atoms with van der Waals surface area (Å²) in [7, 11) is 0. The van der Waals surface area contributed by atoms with E-state index in [2.05, 4.69) is 20.9 Å². The van der Waals surface area contributed by atoms with Gasteiger partial charge in [0.25, 0.3) is 11.8 Å². The van der Waals surface area contributed by atoms with Crippen LogP contribution in [0.5, 0.6) is 11.5 Å². The summed E-state index contributed by atoms with van der Waals surface area (Å²) >= 11 is 25.0. The van der Waals surface area contributed by atoms with Crippen LogP contribution in [0.25, 0.3) is 38.7 Å². The van der Waals surface area contributed by atoms with E-state index in [1.54, 1.807) is 74.5 Å². The zero-order valence-corrected chi connectivity index (χ0v) is 44.8. The topological polar surface area (TPSA) is 202 Å². The van der Waals surface area contributed by atoms with Crippen molar-refractivity contribution < 1.29 is 38.1 Å². The number of carbonyl (C=O) groups excluding carboxylic acids is 4. The van der Waals surface area contributed by atoms with Gasteiger partial charge in [-0.1, -0.05) is 119 Å². The second kappa shape index (κ2) is 24.3. The highest BCUT2D eigenvalue weighted by atomic mass is 35.5. The van der Waals surface area contributed by atoms with E-state index >= 15 is 0 Å². The molecule has 6 aromatic carbocycles. The molecule has 0 saturated heterocycles. The Balaban J connectivity index is 0.000000190. The van der Waals surface area contributed by atoms with Crippen molar-refractivity contribution in [3.8, 4) is 45.9 Å². The van der Waals surface area contributed by atoms with Crippen LogP contribution in [0, 0.1) is 22.7 Å². The van der Waals surface area contributed by atoms with Gasteiger partial charge in [0.2, 0.25) is 0 Å². The Bertz CT molecular complexity index is 3660. The van der Waals surface area contributed by atoms with E-state index in [0.717, 1.165) is 22.3 Å². The highest BCUT2D eigenvalue weighted by Crippen LogP contribution is 2.44. The minimum absolute atomic E-state index is 0.0769. The normalized spacial score (nSPS) is 15.9. The maximum absolute atomic E-state index is 13.8. The molecule has 0 fully saturated rings. The molecule has 392 valence electrons. The zero-order chi connectivity index (χ0) is 55.0. The van der Waals surface area contributed by atoms with Crippen molar-refractivity contribution in [2.45, 2.75) is 44.7 Å². The largest absolute Gasteiger partial charge is 0.493 e. The van der Waals surface area contributed by atoms with E-state index in [1.807, 2.05) is 72.8 Å². The first-order chi connectivity index (χ1) is 37.8. The monoisotopic (exact) mass is 1120 g/mol. The van der Waals surface area contributed by atoms with Crippen LogP contribution in [-0.4, -0.2) is 55.2 Å². The first kappa shape index (κ1) is 54.4. The maximum atomic E-state index is 13.8. The number of rotatable bonds is 11. The first-order valence-electron chi connectivity index (χ1n) is 24.7. The average Bonchev–Trinajstić information content (AvgIpc) is 3.43. The molecule has 7 aromatic rings. The summed E-state index contributed by atoms with van der Waals surface area (Å²) in [5.74, 6) is -2.39. The summed E-state index contributed by atoms with van der Waals surface area (Å²) in [6.07, 6.45) is 4.04. The molecule has 0 radical (unpaired) electrons. The van der Waals surface area contributed by atoms with Crippen LogP contribution in [0.15, 0.2) is 145 Å². The van der Waals surface area contributed by atoms with Gasteiger partial charge >= 0.3 is 11.9 Å². The van der Waals surface area contributed by atoms with E-state index in [0.29, 0.717) is 90.9 Å². The molecule has 14 nitrogen and oxygen atoms in total. The fourth-order valence-electron chi connectivity index (χ4n) is 9.68. The Morgan fingerprint density at radius 1 is 0.692 bits per heavy atom. The summed E-state index contributed by atoms with van der Waals surface area (Å²) in [5.41, 5.74) is 6.53. The molecule has 3 N–H and O–H groups in total. The number of nitrogens with zero attached hydrogens (tertiary/aromatic N) is 3. The van der Waals surface area contributed by atoms with Gasteiger partial charge in [-0.3, -0.25) is 19.4 Å². The average molecular weight is 1120 g/mol. The molecular formula is C60H46Cl4N6O8. The van der Waals surface area contributed by atoms with E-state index in [-0.39, 0.29) is 53.1 Å². The van der Waals surface area contributed by atoms with Crippen molar-refractivity contribution in [2.24, 2.45) is 0 Å². The molecule has 3 atom stereocenters. The highest BCUT2D eigenvalue weighted by molar-refractivity contribution is 6.36. The van der Waals surface area contributed by atoms with Crippen molar-refractivity contribution in [1.29, 1.82) is 10.5 Å². The number of ether oxygens (including phenoxy) is 4. The number of hydrogen-bond acceptors (Lipinski definition) is 12. The van der Waals surface area contributed by atoms with E-state index in [9.17, 15) is 29.7 Å². The third-order valence-electron chi connectivity index (χ3n) is 13.0. The van der Waals surface area contributed by atoms with Crippen molar-refractivity contribution in [3.63, 3.8) is 0 Å². The summed E-state index contributed by atoms with van der Waals surface area (Å²) in [4.78, 5) is 58.0. The molecule has 1 unspecified atom stereocenters. The summed E-state index contributed by atoms with van der Waals surface area (Å²) in [5, 5.41) is 31.8. The lowest BCUT2D eigenvalue weighted by Crippen LogP contribution is -2.34. The number of nitrogens with one attached hydrogen (secondary N) is 3. The molecule has 0 aliphatic carbocycles. The third-order valence-corrected chi connectivity index (χ3v) is 13.9. The SMILES string of the molecule is CCOC(=O)/C(C#N)=C1/C(C(=O)N[C@H]2CCOc3ccccc32)=CNc2c1cccc2-c1cc(Cl)cc(Cl)c1.CCOC(=O)C(C#N)c1c(C(=O)N[C@H]2CCOc3ccccc32)cnc2c(-c3cc(Cl)cc(Cl)c3)cccc12. The second-order valence-electron chi connectivity index (χ2n) is 17.8. The first-order valence-corrected chi connectivity index (χ1v) is 26.2. The molecule has 3 aliphatic heterocycles. The lowest BCUT2D eigenvalue weighted by Gasteiger charge is -2.29. The van der Waals surface area contributed by atoms with Crippen LogP contribution in [0.2, 0.25) is 20.1 Å². The molecule has 78 heavy (non-hydrogen) atoms. The Kier molecular flexibility index (Phi) is 17.0. The number of carbonyl (C=O) groups is 4.